The van der Waals surface area contributed by atoms with Crippen LogP contribution in [0.15, 0.2) is 47.4 Å². The minimum absolute atomic E-state index is 0.193. The number of nitrogens with one attached hydrogen (secondary N) is 1. The molecule has 27 heavy (non-hydrogen) atoms. The first-order chi connectivity index (χ1) is 13.1. The first-order valence-corrected chi connectivity index (χ1v) is 8.36. The van der Waals surface area contributed by atoms with Gasteiger partial charge in [0.1, 0.15) is 5.65 Å². The van der Waals surface area contributed by atoms with Crippen molar-refractivity contribution >= 4 is 11.5 Å². The molecule has 0 aliphatic carbocycles. The highest BCUT2D eigenvalue weighted by Crippen LogP contribution is 2.40. The Hall–Kier alpha value is -3.81. The van der Waals surface area contributed by atoms with E-state index in [1.54, 1.807) is 6.20 Å². The van der Waals surface area contributed by atoms with Crippen LogP contribution >= 0.6 is 0 Å². The van der Waals surface area contributed by atoms with E-state index in [4.69, 9.17) is 15.2 Å². The van der Waals surface area contributed by atoms with Crippen molar-refractivity contribution in [3.63, 3.8) is 0 Å². The van der Waals surface area contributed by atoms with Crippen molar-refractivity contribution in [2.45, 2.75) is 6.92 Å². The third-order valence-electron chi connectivity index (χ3n) is 4.64. The third-order valence-corrected chi connectivity index (χ3v) is 4.64. The van der Waals surface area contributed by atoms with E-state index in [-0.39, 0.29) is 18.2 Å². The summed E-state index contributed by atoms with van der Waals surface area (Å²) in [5, 5.41) is 4.17. The number of H-pyrrole nitrogens is 1. The molecule has 1 aromatic carbocycles. The number of aromatic nitrogens is 4. The molecule has 0 fully saturated rings. The van der Waals surface area contributed by atoms with Crippen molar-refractivity contribution in [3.8, 4) is 34.0 Å². The molecule has 1 aliphatic rings. The molecule has 3 aromatic heterocycles. The Kier molecular flexibility index (Phi) is 3.20. The van der Waals surface area contributed by atoms with Crippen LogP contribution in [0.4, 0.5) is 5.82 Å². The second-order valence-corrected chi connectivity index (χ2v) is 6.23. The van der Waals surface area contributed by atoms with Crippen LogP contribution in [0.3, 0.4) is 0 Å². The van der Waals surface area contributed by atoms with Crippen molar-refractivity contribution in [1.29, 1.82) is 0 Å². The van der Waals surface area contributed by atoms with Gasteiger partial charge in [0.2, 0.25) is 6.79 Å². The van der Waals surface area contributed by atoms with Gasteiger partial charge < -0.3 is 20.2 Å². The van der Waals surface area contributed by atoms with Gasteiger partial charge in [-0.25, -0.2) is 0 Å². The molecule has 4 heterocycles. The summed E-state index contributed by atoms with van der Waals surface area (Å²) in [6.07, 6.45) is 1.67. The first-order valence-electron chi connectivity index (χ1n) is 8.36. The molecule has 0 amide bonds. The Labute approximate surface area is 153 Å². The van der Waals surface area contributed by atoms with E-state index in [9.17, 15) is 4.79 Å². The highest BCUT2D eigenvalue weighted by Gasteiger charge is 2.21. The third kappa shape index (κ3) is 2.27. The molecule has 0 bridgehead atoms. The highest BCUT2D eigenvalue weighted by molar-refractivity contribution is 5.85. The van der Waals surface area contributed by atoms with Crippen LogP contribution in [0.25, 0.3) is 28.2 Å². The molecule has 8 heteroatoms. The van der Waals surface area contributed by atoms with Crippen molar-refractivity contribution in [1.82, 2.24) is 19.6 Å². The van der Waals surface area contributed by atoms with Crippen molar-refractivity contribution < 1.29 is 9.47 Å². The van der Waals surface area contributed by atoms with Gasteiger partial charge in [-0.05, 0) is 31.2 Å². The molecule has 8 nitrogen and oxygen atoms in total. The summed E-state index contributed by atoms with van der Waals surface area (Å²) in [5.74, 6) is 1.62. The summed E-state index contributed by atoms with van der Waals surface area (Å²) in [7, 11) is 0. The van der Waals surface area contributed by atoms with Gasteiger partial charge in [0.15, 0.2) is 17.3 Å². The molecule has 0 saturated carbocycles. The zero-order valence-corrected chi connectivity index (χ0v) is 14.4. The molecule has 0 radical (unpaired) electrons. The molecular formula is C19H15N5O3. The zero-order valence-electron chi connectivity index (χ0n) is 14.4. The van der Waals surface area contributed by atoms with Crippen LogP contribution in [0.2, 0.25) is 0 Å². The zero-order chi connectivity index (χ0) is 18.5. The highest BCUT2D eigenvalue weighted by atomic mass is 16.7. The summed E-state index contributed by atoms with van der Waals surface area (Å²) in [6, 6.07) is 10.7. The number of benzene rings is 1. The number of anilines is 1. The molecule has 4 aromatic rings. The summed E-state index contributed by atoms with van der Waals surface area (Å²) in [6.45, 7) is 2.12. The molecule has 3 N–H and O–H groups in total. The fraction of sp³-hybridized carbons (Fsp3) is 0.105. The lowest BCUT2D eigenvalue weighted by Crippen LogP contribution is -2.14. The summed E-state index contributed by atoms with van der Waals surface area (Å²) < 4.78 is 12.2. The lowest BCUT2D eigenvalue weighted by Gasteiger charge is -2.09. The number of rotatable bonds is 2. The summed E-state index contributed by atoms with van der Waals surface area (Å²) in [4.78, 5) is 20.3. The summed E-state index contributed by atoms with van der Waals surface area (Å²) in [5.41, 5.74) is 9.88. The van der Waals surface area contributed by atoms with E-state index in [2.05, 4.69) is 15.1 Å². The number of fused-ring (bicyclic) bond motifs is 2. The van der Waals surface area contributed by atoms with Gasteiger partial charge in [-0.15, -0.1) is 5.10 Å². The van der Waals surface area contributed by atoms with E-state index in [1.165, 1.54) is 10.6 Å². The Morgan fingerprint density at radius 3 is 2.93 bits per heavy atom. The van der Waals surface area contributed by atoms with Gasteiger partial charge in [-0.2, -0.15) is 4.52 Å². The van der Waals surface area contributed by atoms with Crippen molar-refractivity contribution in [2.24, 2.45) is 0 Å². The smallest absolute Gasteiger partial charge is 0.274 e. The number of nitrogen functional groups attached to an aromatic ring is 1. The Bertz CT molecular complexity index is 1240. The lowest BCUT2D eigenvalue weighted by atomic mass is 10.0. The molecule has 1 aliphatic heterocycles. The molecule has 0 unspecified atom stereocenters. The number of nitrogens with two attached hydrogens (primary N) is 1. The van der Waals surface area contributed by atoms with E-state index < -0.39 is 0 Å². The van der Waals surface area contributed by atoms with Gasteiger partial charge in [-0.3, -0.25) is 9.78 Å². The Morgan fingerprint density at radius 1 is 1.22 bits per heavy atom. The predicted molar refractivity (Wildman–Crippen MR) is 99.8 cm³/mol. The van der Waals surface area contributed by atoms with Crippen LogP contribution in [0, 0.1) is 6.92 Å². The van der Waals surface area contributed by atoms with Crippen molar-refractivity contribution in [2.75, 3.05) is 12.5 Å². The quantitative estimate of drug-likeness (QED) is 0.567. The molecule has 0 saturated heterocycles. The average Bonchev–Trinajstić information content (AvgIpc) is 3.27. The maximum absolute atomic E-state index is 12.7. The second-order valence-electron chi connectivity index (χ2n) is 6.23. The van der Waals surface area contributed by atoms with Gasteiger partial charge in [0.05, 0.1) is 17.0 Å². The van der Waals surface area contributed by atoms with E-state index >= 15 is 0 Å². The monoisotopic (exact) mass is 361 g/mol. The van der Waals surface area contributed by atoms with E-state index in [0.717, 1.165) is 11.1 Å². The normalized spacial score (nSPS) is 12.6. The fourth-order valence-corrected chi connectivity index (χ4v) is 3.37. The van der Waals surface area contributed by atoms with Gasteiger partial charge >= 0.3 is 0 Å². The largest absolute Gasteiger partial charge is 0.454 e. The van der Waals surface area contributed by atoms with E-state index in [1.807, 2.05) is 37.3 Å². The number of pyridine rings is 1. The van der Waals surface area contributed by atoms with Gasteiger partial charge in [-0.1, -0.05) is 6.07 Å². The number of ether oxygens (including phenoxy) is 2. The van der Waals surface area contributed by atoms with Crippen LogP contribution in [0.1, 0.15) is 5.56 Å². The molecule has 0 spiro atoms. The fourth-order valence-electron chi connectivity index (χ4n) is 3.37. The lowest BCUT2D eigenvalue weighted by molar-refractivity contribution is 0.173. The van der Waals surface area contributed by atoms with Crippen LogP contribution < -0.4 is 20.8 Å². The van der Waals surface area contributed by atoms with Gasteiger partial charge in [0, 0.05) is 23.4 Å². The second kappa shape index (κ2) is 5.60. The molecule has 5 rings (SSSR count). The maximum Gasteiger partial charge on any atom is 0.274 e. The average molecular weight is 361 g/mol. The Balaban J connectivity index is 1.78. The SMILES string of the molecule is Cc1c(-c2cc(=O)n3nc(N)c(-c4ccccn4)c3[nH]2)ccc2c1OCO2. The first kappa shape index (κ1) is 15.4. The number of hydrogen-bond donors (Lipinski definition) is 2. The Morgan fingerprint density at radius 2 is 2.11 bits per heavy atom. The minimum atomic E-state index is -0.287. The van der Waals surface area contributed by atoms with Crippen molar-refractivity contribution in [3.05, 3.63) is 58.5 Å². The standard InChI is InChI=1S/C19H15N5O3/c1-10-11(5-6-14-17(10)27-9-26-14)13-8-15(25)24-19(22-13)16(18(20)23-24)12-4-2-3-7-21-12/h2-8,22H,9H2,1H3,(H2,20,23). The number of aromatic amines is 1. The minimum Gasteiger partial charge on any atom is -0.454 e. The summed E-state index contributed by atoms with van der Waals surface area (Å²) >= 11 is 0. The van der Waals surface area contributed by atoms with Gasteiger partial charge in [0.25, 0.3) is 5.56 Å². The predicted octanol–water partition coefficient (Wildman–Crippen LogP) is 2.37. The molecular weight excluding hydrogens is 346 g/mol. The topological polar surface area (TPSA) is 108 Å². The van der Waals surface area contributed by atoms with Crippen LogP contribution in [0.5, 0.6) is 11.5 Å². The van der Waals surface area contributed by atoms with Crippen LogP contribution in [-0.2, 0) is 0 Å². The molecule has 134 valence electrons. The molecule has 0 atom stereocenters. The maximum atomic E-state index is 12.7. The number of nitrogens with zero attached hydrogens (tertiary/aromatic N) is 3. The van der Waals surface area contributed by atoms with E-state index in [0.29, 0.717) is 34.1 Å². The number of hydrogen-bond acceptors (Lipinski definition) is 6. The van der Waals surface area contributed by atoms with Crippen LogP contribution in [-0.4, -0.2) is 26.4 Å².